The molecule has 6 nitrogen and oxygen atoms in total. The van der Waals surface area contributed by atoms with Crippen LogP contribution in [0.4, 0.5) is 0 Å². The van der Waals surface area contributed by atoms with Crippen LogP contribution in [-0.4, -0.2) is 34.5 Å². The highest BCUT2D eigenvalue weighted by atomic mass is 16.5. The molecular weight excluding hydrogens is 294 g/mol. The van der Waals surface area contributed by atoms with Gasteiger partial charge in [0.1, 0.15) is 5.56 Å². The zero-order chi connectivity index (χ0) is 16.8. The highest BCUT2D eigenvalue weighted by Gasteiger charge is 2.23. The van der Waals surface area contributed by atoms with E-state index >= 15 is 0 Å². The van der Waals surface area contributed by atoms with Gasteiger partial charge < -0.3 is 15.2 Å². The number of aromatic nitrogens is 2. The monoisotopic (exact) mass is 317 g/mol. The number of amides is 1. The summed E-state index contributed by atoms with van der Waals surface area (Å²) in [5.41, 5.74) is 2.07. The molecule has 1 aromatic heterocycles. The van der Waals surface area contributed by atoms with Crippen LogP contribution in [0.25, 0.3) is 0 Å². The van der Waals surface area contributed by atoms with E-state index in [4.69, 9.17) is 9.84 Å². The summed E-state index contributed by atoms with van der Waals surface area (Å²) in [5, 5.41) is 16.4. The number of rotatable bonds is 7. The van der Waals surface area contributed by atoms with Gasteiger partial charge in [-0.15, -0.1) is 0 Å². The van der Waals surface area contributed by atoms with E-state index in [9.17, 15) is 4.79 Å². The van der Waals surface area contributed by atoms with E-state index in [1.54, 1.807) is 18.7 Å². The molecule has 1 unspecified atom stereocenters. The van der Waals surface area contributed by atoms with Crippen molar-refractivity contribution in [1.29, 1.82) is 0 Å². The molecule has 0 spiro atoms. The molecule has 1 atom stereocenters. The van der Waals surface area contributed by atoms with Crippen molar-refractivity contribution in [2.45, 2.75) is 25.8 Å². The Labute approximate surface area is 136 Å². The number of aliphatic hydroxyl groups is 1. The normalized spacial score (nSPS) is 12.0. The van der Waals surface area contributed by atoms with Gasteiger partial charge in [0.25, 0.3) is 5.91 Å². The van der Waals surface area contributed by atoms with E-state index in [-0.39, 0.29) is 18.6 Å². The van der Waals surface area contributed by atoms with Crippen LogP contribution in [0.2, 0.25) is 0 Å². The summed E-state index contributed by atoms with van der Waals surface area (Å²) in [7, 11) is 3.26. The van der Waals surface area contributed by atoms with Crippen molar-refractivity contribution in [1.82, 2.24) is 15.1 Å². The highest BCUT2D eigenvalue weighted by molar-refractivity contribution is 5.97. The molecule has 0 bridgehead atoms. The number of hydrogen-bond acceptors (Lipinski definition) is 4. The van der Waals surface area contributed by atoms with Crippen molar-refractivity contribution in [2.75, 3.05) is 13.7 Å². The number of carbonyl (C=O) groups excluding carboxylic acids is 1. The molecule has 1 amide bonds. The molecule has 0 fully saturated rings. The minimum Gasteiger partial charge on any atom is -0.481 e. The number of aryl methyl sites for hydroxylation is 2. The van der Waals surface area contributed by atoms with Crippen molar-refractivity contribution in [3.05, 3.63) is 47.2 Å². The summed E-state index contributed by atoms with van der Waals surface area (Å²) >= 11 is 0. The fourth-order valence-corrected chi connectivity index (χ4v) is 2.67. The minimum atomic E-state index is -0.223. The van der Waals surface area contributed by atoms with Crippen LogP contribution < -0.4 is 10.1 Å². The van der Waals surface area contributed by atoms with Crippen molar-refractivity contribution in [3.8, 4) is 5.88 Å². The van der Waals surface area contributed by atoms with Gasteiger partial charge >= 0.3 is 0 Å². The molecule has 0 saturated heterocycles. The minimum absolute atomic E-state index is 0.0917. The first-order valence-electron chi connectivity index (χ1n) is 7.62. The molecule has 0 aliphatic heterocycles. The number of aliphatic hydroxyl groups excluding tert-OH is 1. The van der Waals surface area contributed by atoms with E-state index in [1.807, 2.05) is 30.3 Å². The van der Waals surface area contributed by atoms with Gasteiger partial charge in [0.2, 0.25) is 5.88 Å². The largest absolute Gasteiger partial charge is 0.481 e. The van der Waals surface area contributed by atoms with E-state index in [0.717, 1.165) is 5.56 Å². The molecule has 6 heteroatoms. The molecule has 1 aromatic carbocycles. The fourth-order valence-electron chi connectivity index (χ4n) is 2.67. The molecule has 2 N–H and O–H groups in total. The lowest BCUT2D eigenvalue weighted by atomic mass is 10.0. The zero-order valence-electron chi connectivity index (χ0n) is 13.7. The van der Waals surface area contributed by atoms with E-state index in [0.29, 0.717) is 30.0 Å². The van der Waals surface area contributed by atoms with Gasteiger partial charge in [0, 0.05) is 13.7 Å². The summed E-state index contributed by atoms with van der Waals surface area (Å²) in [5.74, 6) is 0.216. The maximum Gasteiger partial charge on any atom is 0.259 e. The Balaban J connectivity index is 2.24. The molecule has 0 saturated carbocycles. The van der Waals surface area contributed by atoms with Crippen LogP contribution in [0.3, 0.4) is 0 Å². The van der Waals surface area contributed by atoms with Crippen molar-refractivity contribution >= 4 is 5.91 Å². The van der Waals surface area contributed by atoms with Gasteiger partial charge in [-0.05, 0) is 25.3 Å². The van der Waals surface area contributed by atoms with E-state index in [2.05, 4.69) is 10.4 Å². The third-order valence-electron chi connectivity index (χ3n) is 3.75. The van der Waals surface area contributed by atoms with Gasteiger partial charge in [-0.1, -0.05) is 30.3 Å². The van der Waals surface area contributed by atoms with Crippen LogP contribution in [0.15, 0.2) is 30.3 Å². The van der Waals surface area contributed by atoms with Crippen LogP contribution in [0, 0.1) is 6.92 Å². The highest BCUT2D eigenvalue weighted by Crippen LogP contribution is 2.24. The Kier molecular flexibility index (Phi) is 5.76. The molecule has 0 radical (unpaired) electrons. The molecular formula is C17H23N3O3. The topological polar surface area (TPSA) is 76.4 Å². The fraction of sp³-hybridized carbons (Fsp3) is 0.412. The summed E-state index contributed by atoms with van der Waals surface area (Å²) in [6, 6.07) is 9.57. The van der Waals surface area contributed by atoms with Crippen molar-refractivity contribution in [3.63, 3.8) is 0 Å². The molecule has 124 valence electrons. The number of benzene rings is 1. The van der Waals surface area contributed by atoms with Gasteiger partial charge in [0.05, 0.1) is 18.8 Å². The number of carbonyl (C=O) groups is 1. The number of nitrogens with zero attached hydrogens (tertiary/aromatic N) is 2. The second kappa shape index (κ2) is 7.78. The summed E-state index contributed by atoms with van der Waals surface area (Å²) < 4.78 is 6.84. The molecule has 0 aliphatic carbocycles. The first kappa shape index (κ1) is 17.0. The van der Waals surface area contributed by atoms with Crippen LogP contribution >= 0.6 is 0 Å². The average molecular weight is 317 g/mol. The van der Waals surface area contributed by atoms with Gasteiger partial charge in [-0.2, -0.15) is 5.10 Å². The van der Waals surface area contributed by atoms with E-state index in [1.165, 1.54) is 7.11 Å². The predicted octanol–water partition coefficient (Wildman–Crippen LogP) is 1.98. The average Bonchev–Trinajstić information content (AvgIpc) is 2.85. The predicted molar refractivity (Wildman–Crippen MR) is 87.5 cm³/mol. The quantitative estimate of drug-likeness (QED) is 0.819. The molecule has 1 heterocycles. The van der Waals surface area contributed by atoms with Crippen LogP contribution in [-0.2, 0) is 7.05 Å². The zero-order valence-corrected chi connectivity index (χ0v) is 13.7. The smallest absolute Gasteiger partial charge is 0.259 e. The number of methoxy groups -OCH3 is 1. The van der Waals surface area contributed by atoms with Crippen molar-refractivity contribution in [2.24, 2.45) is 7.05 Å². The third-order valence-corrected chi connectivity index (χ3v) is 3.75. The first-order chi connectivity index (χ1) is 11.1. The Morgan fingerprint density at radius 3 is 2.70 bits per heavy atom. The lowest BCUT2D eigenvalue weighted by Gasteiger charge is -2.19. The van der Waals surface area contributed by atoms with E-state index < -0.39 is 0 Å². The standard InChI is InChI=1S/C17H23N3O3/c1-12-15(17(23-3)20(2)19-12)16(22)18-14(10-7-11-21)13-8-5-4-6-9-13/h4-6,8-9,14,21H,7,10-11H2,1-3H3,(H,18,22). The van der Waals surface area contributed by atoms with Gasteiger partial charge in [-0.25, -0.2) is 4.68 Å². The summed E-state index contributed by atoms with van der Waals surface area (Å²) in [4.78, 5) is 12.7. The van der Waals surface area contributed by atoms with Gasteiger partial charge in [0.15, 0.2) is 0 Å². The Bertz CT molecular complexity index is 653. The van der Waals surface area contributed by atoms with Crippen LogP contribution in [0.1, 0.15) is 40.5 Å². The Morgan fingerprint density at radius 1 is 1.39 bits per heavy atom. The number of nitrogens with one attached hydrogen (secondary N) is 1. The van der Waals surface area contributed by atoms with Crippen LogP contribution in [0.5, 0.6) is 5.88 Å². The maximum absolute atomic E-state index is 12.7. The third kappa shape index (κ3) is 3.90. The maximum atomic E-state index is 12.7. The summed E-state index contributed by atoms with van der Waals surface area (Å²) in [6.07, 6.45) is 1.27. The summed E-state index contributed by atoms with van der Waals surface area (Å²) in [6.45, 7) is 1.87. The lowest BCUT2D eigenvalue weighted by molar-refractivity contribution is 0.0928. The molecule has 2 rings (SSSR count). The number of hydrogen-bond donors (Lipinski definition) is 2. The molecule has 0 aliphatic rings. The second-order valence-corrected chi connectivity index (χ2v) is 5.40. The Morgan fingerprint density at radius 2 is 2.09 bits per heavy atom. The Hall–Kier alpha value is -2.34. The van der Waals surface area contributed by atoms with Crippen molar-refractivity contribution < 1.29 is 14.6 Å². The molecule has 23 heavy (non-hydrogen) atoms. The molecule has 2 aromatic rings. The van der Waals surface area contributed by atoms with Gasteiger partial charge in [-0.3, -0.25) is 4.79 Å². The number of ether oxygens (including phenoxy) is 1. The first-order valence-corrected chi connectivity index (χ1v) is 7.62. The second-order valence-electron chi connectivity index (χ2n) is 5.40. The lowest BCUT2D eigenvalue weighted by Crippen LogP contribution is -2.29. The SMILES string of the molecule is COc1c(C(=O)NC(CCCO)c2ccccc2)c(C)nn1C.